The Balaban J connectivity index is 2.46. The van der Waals surface area contributed by atoms with Gasteiger partial charge in [-0.05, 0) is 38.1 Å². The number of amides is 1. The summed E-state index contributed by atoms with van der Waals surface area (Å²) in [5, 5.41) is 4.59. The summed E-state index contributed by atoms with van der Waals surface area (Å²) in [5.74, 6) is -0.505. The van der Waals surface area contributed by atoms with E-state index >= 15 is 0 Å². The second-order valence-corrected chi connectivity index (χ2v) is 4.49. The van der Waals surface area contributed by atoms with Crippen molar-refractivity contribution in [3.05, 3.63) is 24.3 Å². The maximum absolute atomic E-state index is 11.9. The van der Waals surface area contributed by atoms with Crippen LogP contribution in [-0.4, -0.2) is 38.3 Å². The van der Waals surface area contributed by atoms with Gasteiger partial charge in [-0.2, -0.15) is 13.2 Å². The molecule has 0 aliphatic rings. The van der Waals surface area contributed by atoms with E-state index in [9.17, 15) is 18.0 Å². The molecule has 0 fully saturated rings. The van der Waals surface area contributed by atoms with Crippen LogP contribution in [0.4, 0.5) is 24.5 Å². The molecule has 1 aromatic rings. The van der Waals surface area contributed by atoms with Gasteiger partial charge >= 0.3 is 6.18 Å². The maximum atomic E-state index is 11.9. The SMILES string of the molecule is CCN(CC)c1ccc(NC(=O)CNCC(F)(F)F)cc1. The minimum atomic E-state index is -4.31. The fourth-order valence-corrected chi connectivity index (χ4v) is 1.87. The predicted molar refractivity (Wildman–Crippen MR) is 77.6 cm³/mol. The molecule has 1 amide bonds. The number of alkyl halides is 3. The van der Waals surface area contributed by atoms with Crippen molar-refractivity contribution < 1.29 is 18.0 Å². The van der Waals surface area contributed by atoms with Crippen molar-refractivity contribution in [1.29, 1.82) is 0 Å². The molecule has 21 heavy (non-hydrogen) atoms. The quantitative estimate of drug-likeness (QED) is 0.814. The first kappa shape index (κ1) is 17.3. The van der Waals surface area contributed by atoms with E-state index in [0.29, 0.717) is 5.69 Å². The highest BCUT2D eigenvalue weighted by Crippen LogP contribution is 2.17. The highest BCUT2D eigenvalue weighted by molar-refractivity contribution is 5.92. The Morgan fingerprint density at radius 2 is 1.71 bits per heavy atom. The Hall–Kier alpha value is -1.76. The second kappa shape index (κ2) is 7.87. The third kappa shape index (κ3) is 6.48. The number of benzene rings is 1. The number of rotatable bonds is 7. The van der Waals surface area contributed by atoms with Gasteiger partial charge in [0.05, 0.1) is 13.1 Å². The zero-order valence-electron chi connectivity index (χ0n) is 12.1. The Morgan fingerprint density at radius 1 is 1.14 bits per heavy atom. The molecule has 0 unspecified atom stereocenters. The average molecular weight is 303 g/mol. The molecule has 0 aliphatic heterocycles. The smallest absolute Gasteiger partial charge is 0.372 e. The van der Waals surface area contributed by atoms with Gasteiger partial charge in [0.2, 0.25) is 5.91 Å². The van der Waals surface area contributed by atoms with Crippen molar-refractivity contribution in [2.45, 2.75) is 20.0 Å². The predicted octanol–water partition coefficient (Wildman–Crippen LogP) is 2.62. The molecule has 1 rings (SSSR count). The molecule has 0 aromatic heterocycles. The minimum Gasteiger partial charge on any atom is -0.372 e. The Morgan fingerprint density at radius 3 is 2.19 bits per heavy atom. The van der Waals surface area contributed by atoms with Crippen LogP contribution in [0.3, 0.4) is 0 Å². The number of carbonyl (C=O) groups is 1. The van der Waals surface area contributed by atoms with Gasteiger partial charge in [-0.1, -0.05) is 0 Å². The minimum absolute atomic E-state index is 0.378. The molecule has 0 radical (unpaired) electrons. The van der Waals surface area contributed by atoms with E-state index in [1.807, 2.05) is 31.3 Å². The molecule has 0 bridgehead atoms. The van der Waals surface area contributed by atoms with Gasteiger partial charge in [0, 0.05) is 24.5 Å². The second-order valence-electron chi connectivity index (χ2n) is 4.49. The lowest BCUT2D eigenvalue weighted by Crippen LogP contribution is -2.35. The van der Waals surface area contributed by atoms with Crippen molar-refractivity contribution in [2.75, 3.05) is 36.4 Å². The molecule has 0 aliphatic carbocycles. The van der Waals surface area contributed by atoms with Gasteiger partial charge in [-0.15, -0.1) is 0 Å². The van der Waals surface area contributed by atoms with Crippen LogP contribution in [0.15, 0.2) is 24.3 Å². The van der Waals surface area contributed by atoms with E-state index in [0.717, 1.165) is 18.8 Å². The number of nitrogens with one attached hydrogen (secondary N) is 2. The first-order valence-electron chi connectivity index (χ1n) is 6.78. The summed E-state index contributed by atoms with van der Waals surface area (Å²) in [5.41, 5.74) is 1.60. The van der Waals surface area contributed by atoms with Crippen LogP contribution >= 0.6 is 0 Å². The fourth-order valence-electron chi connectivity index (χ4n) is 1.87. The molecule has 0 saturated heterocycles. The van der Waals surface area contributed by atoms with Crippen LogP contribution in [0.5, 0.6) is 0 Å². The lowest BCUT2D eigenvalue weighted by atomic mass is 10.2. The zero-order chi connectivity index (χ0) is 15.9. The van der Waals surface area contributed by atoms with E-state index in [1.165, 1.54) is 0 Å². The van der Waals surface area contributed by atoms with Crippen molar-refractivity contribution in [3.63, 3.8) is 0 Å². The molecule has 0 spiro atoms. The summed E-state index contributed by atoms with van der Waals surface area (Å²) in [6.45, 7) is 4.29. The fraction of sp³-hybridized carbons (Fsp3) is 0.500. The van der Waals surface area contributed by atoms with Crippen molar-refractivity contribution in [1.82, 2.24) is 5.32 Å². The first-order valence-corrected chi connectivity index (χ1v) is 6.78. The van der Waals surface area contributed by atoms with Crippen LogP contribution in [0.25, 0.3) is 0 Å². The molecule has 7 heteroatoms. The van der Waals surface area contributed by atoms with Crippen LogP contribution in [-0.2, 0) is 4.79 Å². The molecule has 0 heterocycles. The number of hydrogen-bond acceptors (Lipinski definition) is 3. The largest absolute Gasteiger partial charge is 0.401 e. The average Bonchev–Trinajstić information content (AvgIpc) is 2.40. The zero-order valence-corrected chi connectivity index (χ0v) is 12.1. The van der Waals surface area contributed by atoms with Crippen LogP contribution in [0.1, 0.15) is 13.8 Å². The molecule has 1 aromatic carbocycles. The molecular formula is C14H20F3N3O. The van der Waals surface area contributed by atoms with Gasteiger partial charge < -0.3 is 15.5 Å². The van der Waals surface area contributed by atoms with E-state index in [-0.39, 0.29) is 6.54 Å². The number of anilines is 2. The third-order valence-electron chi connectivity index (χ3n) is 2.89. The van der Waals surface area contributed by atoms with E-state index in [1.54, 1.807) is 12.1 Å². The van der Waals surface area contributed by atoms with Crippen LogP contribution in [0, 0.1) is 0 Å². The van der Waals surface area contributed by atoms with E-state index in [2.05, 4.69) is 10.2 Å². The summed E-state index contributed by atoms with van der Waals surface area (Å²) in [6.07, 6.45) is -4.31. The van der Waals surface area contributed by atoms with Crippen LogP contribution in [0.2, 0.25) is 0 Å². The normalized spacial score (nSPS) is 11.3. The Kier molecular flexibility index (Phi) is 6.48. The summed E-state index contributed by atoms with van der Waals surface area (Å²) in [4.78, 5) is 13.6. The standard InChI is InChI=1S/C14H20F3N3O/c1-3-20(4-2)12-7-5-11(6-8-12)19-13(21)9-18-10-14(15,16)17/h5-8,18H,3-4,9-10H2,1-2H3,(H,19,21). The van der Waals surface area contributed by atoms with Gasteiger partial charge in [-0.3, -0.25) is 4.79 Å². The Labute approximate surface area is 122 Å². The molecule has 0 saturated carbocycles. The highest BCUT2D eigenvalue weighted by Gasteiger charge is 2.26. The van der Waals surface area contributed by atoms with Crippen molar-refractivity contribution >= 4 is 17.3 Å². The lowest BCUT2D eigenvalue weighted by Gasteiger charge is -2.21. The third-order valence-corrected chi connectivity index (χ3v) is 2.89. The van der Waals surface area contributed by atoms with Crippen molar-refractivity contribution in [3.8, 4) is 0 Å². The molecule has 2 N–H and O–H groups in total. The number of hydrogen-bond donors (Lipinski definition) is 2. The lowest BCUT2D eigenvalue weighted by molar-refractivity contribution is -0.126. The van der Waals surface area contributed by atoms with Gasteiger partial charge in [0.1, 0.15) is 0 Å². The topological polar surface area (TPSA) is 44.4 Å². The van der Waals surface area contributed by atoms with Crippen LogP contribution < -0.4 is 15.5 Å². The van der Waals surface area contributed by atoms with E-state index in [4.69, 9.17) is 0 Å². The first-order chi connectivity index (χ1) is 9.85. The van der Waals surface area contributed by atoms with Crippen molar-refractivity contribution in [2.24, 2.45) is 0 Å². The molecular weight excluding hydrogens is 283 g/mol. The summed E-state index contributed by atoms with van der Waals surface area (Å²) >= 11 is 0. The number of halogens is 3. The monoisotopic (exact) mass is 303 g/mol. The number of nitrogens with zero attached hydrogens (tertiary/aromatic N) is 1. The number of carbonyl (C=O) groups excluding carboxylic acids is 1. The van der Waals surface area contributed by atoms with Gasteiger partial charge in [0.25, 0.3) is 0 Å². The highest BCUT2D eigenvalue weighted by atomic mass is 19.4. The van der Waals surface area contributed by atoms with E-state index < -0.39 is 18.6 Å². The molecule has 4 nitrogen and oxygen atoms in total. The maximum Gasteiger partial charge on any atom is 0.401 e. The summed E-state index contributed by atoms with van der Waals surface area (Å²) in [7, 11) is 0. The summed E-state index contributed by atoms with van der Waals surface area (Å²) < 4.78 is 35.8. The molecule has 0 atom stereocenters. The molecule has 118 valence electrons. The summed E-state index contributed by atoms with van der Waals surface area (Å²) in [6, 6.07) is 7.20. The van der Waals surface area contributed by atoms with Gasteiger partial charge in [-0.25, -0.2) is 0 Å². The van der Waals surface area contributed by atoms with Gasteiger partial charge in [0.15, 0.2) is 0 Å². The Bertz CT molecular complexity index is 442.